The zero-order chi connectivity index (χ0) is 18.4. The Bertz CT molecular complexity index is 822. The van der Waals surface area contributed by atoms with Gasteiger partial charge in [0.1, 0.15) is 0 Å². The van der Waals surface area contributed by atoms with E-state index in [4.69, 9.17) is 11.6 Å². The highest BCUT2D eigenvalue weighted by atomic mass is 35.5. The number of alkyl halides is 3. The first kappa shape index (κ1) is 18.5. The van der Waals surface area contributed by atoms with Crippen LogP contribution in [0.25, 0.3) is 0 Å². The van der Waals surface area contributed by atoms with Gasteiger partial charge in [-0.25, -0.2) is 5.43 Å². The number of para-hydroxylation sites is 1. The molecule has 0 saturated carbocycles. The Hall–Kier alpha value is -2.87. The minimum Gasteiger partial charge on any atom is -0.316 e. The number of hydrogen-bond acceptors (Lipinski definition) is 3. The van der Waals surface area contributed by atoms with Crippen LogP contribution < -0.4 is 10.7 Å². The third kappa shape index (κ3) is 5.05. The van der Waals surface area contributed by atoms with E-state index in [-0.39, 0.29) is 16.3 Å². The van der Waals surface area contributed by atoms with Crippen molar-refractivity contribution in [2.45, 2.75) is 6.18 Å². The maximum absolute atomic E-state index is 12.8. The van der Waals surface area contributed by atoms with Crippen molar-refractivity contribution < 1.29 is 22.8 Å². The molecule has 0 radical (unpaired) electrons. The van der Waals surface area contributed by atoms with Gasteiger partial charge in [-0.05, 0) is 18.2 Å². The molecule has 2 amide bonds. The number of amides is 2. The van der Waals surface area contributed by atoms with E-state index in [2.05, 4.69) is 10.4 Å². The van der Waals surface area contributed by atoms with Gasteiger partial charge in [0.2, 0.25) is 0 Å². The van der Waals surface area contributed by atoms with E-state index >= 15 is 0 Å². The average Bonchev–Trinajstić information content (AvgIpc) is 2.56. The predicted molar refractivity (Wildman–Crippen MR) is 87.3 cm³/mol. The van der Waals surface area contributed by atoms with E-state index in [1.54, 1.807) is 12.1 Å². The lowest BCUT2D eigenvalue weighted by Crippen LogP contribution is -2.32. The first-order valence-corrected chi connectivity index (χ1v) is 7.22. The molecule has 9 heteroatoms. The number of rotatable bonds is 3. The third-order valence-electron chi connectivity index (χ3n) is 2.96. The Morgan fingerprint density at radius 3 is 2.32 bits per heavy atom. The van der Waals surface area contributed by atoms with E-state index in [0.717, 1.165) is 12.3 Å². The summed E-state index contributed by atoms with van der Waals surface area (Å²) in [5.74, 6) is -2.21. The van der Waals surface area contributed by atoms with Crippen LogP contribution in [0, 0.1) is 0 Å². The number of hydrazone groups is 1. The molecule has 130 valence electrons. The van der Waals surface area contributed by atoms with E-state index in [0.29, 0.717) is 0 Å². The maximum atomic E-state index is 12.8. The van der Waals surface area contributed by atoms with Gasteiger partial charge in [0.15, 0.2) is 0 Å². The van der Waals surface area contributed by atoms with Crippen LogP contribution in [0.15, 0.2) is 53.6 Å². The van der Waals surface area contributed by atoms with Gasteiger partial charge in [0.25, 0.3) is 0 Å². The fourth-order valence-corrected chi connectivity index (χ4v) is 2.00. The molecule has 25 heavy (non-hydrogen) atoms. The number of benzene rings is 2. The van der Waals surface area contributed by atoms with Gasteiger partial charge in [-0.3, -0.25) is 9.59 Å². The number of nitrogens with zero attached hydrogens (tertiary/aromatic N) is 1. The van der Waals surface area contributed by atoms with E-state index in [1.165, 1.54) is 30.3 Å². The smallest absolute Gasteiger partial charge is 0.316 e. The van der Waals surface area contributed by atoms with Crippen molar-refractivity contribution in [3.8, 4) is 0 Å². The molecule has 0 aliphatic carbocycles. The van der Waals surface area contributed by atoms with E-state index in [9.17, 15) is 22.8 Å². The minimum absolute atomic E-state index is 0.218. The number of hydrogen-bond donors (Lipinski definition) is 2. The second-order valence-electron chi connectivity index (χ2n) is 4.72. The van der Waals surface area contributed by atoms with Crippen LogP contribution in [0.1, 0.15) is 11.1 Å². The predicted octanol–water partition coefficient (Wildman–Crippen LogP) is 3.45. The first-order valence-electron chi connectivity index (χ1n) is 6.84. The maximum Gasteiger partial charge on any atom is 0.417 e. The largest absolute Gasteiger partial charge is 0.417 e. The molecule has 2 rings (SSSR count). The SMILES string of the molecule is O=C(N/N=C\c1ccccc1C(F)(F)F)C(=O)Nc1ccccc1Cl. The number of nitrogens with one attached hydrogen (secondary N) is 2. The summed E-state index contributed by atoms with van der Waals surface area (Å²) in [5.41, 5.74) is 0.918. The molecular formula is C16H11ClF3N3O2. The molecular weight excluding hydrogens is 359 g/mol. The van der Waals surface area contributed by atoms with E-state index in [1.807, 2.05) is 5.43 Å². The van der Waals surface area contributed by atoms with Crippen LogP contribution in [-0.2, 0) is 15.8 Å². The fraction of sp³-hybridized carbons (Fsp3) is 0.0625. The Labute approximate surface area is 145 Å². The highest BCUT2D eigenvalue weighted by Gasteiger charge is 2.32. The first-order chi connectivity index (χ1) is 11.8. The van der Waals surface area contributed by atoms with Crippen molar-refractivity contribution >= 4 is 35.3 Å². The highest BCUT2D eigenvalue weighted by Crippen LogP contribution is 2.31. The Kier molecular flexibility index (Phi) is 5.76. The van der Waals surface area contributed by atoms with Crippen LogP contribution in [0.4, 0.5) is 18.9 Å². The Balaban J connectivity index is 2.02. The van der Waals surface area contributed by atoms with Gasteiger partial charge in [-0.2, -0.15) is 18.3 Å². The van der Waals surface area contributed by atoms with E-state index < -0.39 is 23.6 Å². The molecule has 0 aliphatic heterocycles. The minimum atomic E-state index is -4.56. The average molecular weight is 370 g/mol. The van der Waals surface area contributed by atoms with Gasteiger partial charge in [-0.15, -0.1) is 0 Å². The molecule has 0 fully saturated rings. The van der Waals surface area contributed by atoms with Crippen LogP contribution in [0.3, 0.4) is 0 Å². The number of carbonyl (C=O) groups excluding carboxylic acids is 2. The zero-order valence-corrected chi connectivity index (χ0v) is 13.2. The molecule has 5 nitrogen and oxygen atoms in total. The highest BCUT2D eigenvalue weighted by molar-refractivity contribution is 6.41. The Morgan fingerprint density at radius 1 is 1.00 bits per heavy atom. The Morgan fingerprint density at radius 2 is 1.64 bits per heavy atom. The van der Waals surface area contributed by atoms with Crippen LogP contribution in [-0.4, -0.2) is 18.0 Å². The summed E-state index contributed by atoms with van der Waals surface area (Å²) in [6, 6.07) is 10.9. The van der Waals surface area contributed by atoms with Gasteiger partial charge in [0, 0.05) is 5.56 Å². The molecule has 0 heterocycles. The van der Waals surface area contributed by atoms with Crippen molar-refractivity contribution in [1.82, 2.24) is 5.43 Å². The van der Waals surface area contributed by atoms with Gasteiger partial charge >= 0.3 is 18.0 Å². The summed E-state index contributed by atoms with van der Waals surface area (Å²) in [5, 5.41) is 5.87. The molecule has 0 saturated heterocycles. The fourth-order valence-electron chi connectivity index (χ4n) is 1.82. The lowest BCUT2D eigenvalue weighted by Gasteiger charge is -2.09. The monoisotopic (exact) mass is 369 g/mol. The molecule has 0 bridgehead atoms. The summed E-state index contributed by atoms with van der Waals surface area (Å²) in [4.78, 5) is 23.3. The molecule has 0 spiro atoms. The van der Waals surface area contributed by atoms with Gasteiger partial charge < -0.3 is 5.32 Å². The second-order valence-corrected chi connectivity index (χ2v) is 5.13. The van der Waals surface area contributed by atoms with Crippen molar-refractivity contribution in [3.63, 3.8) is 0 Å². The van der Waals surface area contributed by atoms with Gasteiger partial charge in [-0.1, -0.05) is 41.9 Å². The molecule has 0 aromatic heterocycles. The molecule has 2 N–H and O–H groups in total. The molecule has 0 aliphatic rings. The topological polar surface area (TPSA) is 70.6 Å². The van der Waals surface area contributed by atoms with Crippen molar-refractivity contribution in [2.75, 3.05) is 5.32 Å². The van der Waals surface area contributed by atoms with Gasteiger partial charge in [0.05, 0.1) is 22.5 Å². The summed E-state index contributed by atoms with van der Waals surface area (Å²) in [6.45, 7) is 0. The standard InChI is InChI=1S/C16H11ClF3N3O2/c17-12-7-3-4-8-13(12)22-14(24)15(25)23-21-9-10-5-1-2-6-11(10)16(18,19)20/h1-9H,(H,22,24)(H,23,25)/b21-9-. The quantitative estimate of drug-likeness (QED) is 0.494. The third-order valence-corrected chi connectivity index (χ3v) is 3.29. The van der Waals surface area contributed by atoms with Crippen molar-refractivity contribution in [1.29, 1.82) is 0 Å². The summed E-state index contributed by atoms with van der Waals surface area (Å²) in [7, 11) is 0. The number of anilines is 1. The lowest BCUT2D eigenvalue weighted by atomic mass is 10.1. The summed E-state index contributed by atoms with van der Waals surface area (Å²) in [6.07, 6.45) is -3.75. The number of halogens is 4. The molecule has 0 atom stereocenters. The normalized spacial score (nSPS) is 11.4. The summed E-state index contributed by atoms with van der Waals surface area (Å²) < 4.78 is 38.5. The zero-order valence-electron chi connectivity index (χ0n) is 12.5. The summed E-state index contributed by atoms with van der Waals surface area (Å²) >= 11 is 5.83. The number of carbonyl (C=O) groups is 2. The molecule has 0 unspecified atom stereocenters. The molecule has 2 aromatic rings. The van der Waals surface area contributed by atoms with Crippen molar-refractivity contribution in [2.24, 2.45) is 5.10 Å². The van der Waals surface area contributed by atoms with Crippen molar-refractivity contribution in [3.05, 3.63) is 64.7 Å². The van der Waals surface area contributed by atoms with Crippen LogP contribution in [0.5, 0.6) is 0 Å². The van der Waals surface area contributed by atoms with Crippen LogP contribution in [0.2, 0.25) is 5.02 Å². The molecule has 2 aromatic carbocycles. The second kappa shape index (κ2) is 7.80. The lowest BCUT2D eigenvalue weighted by molar-refractivity contribution is -0.137. The van der Waals surface area contributed by atoms with Crippen LogP contribution >= 0.6 is 11.6 Å².